The van der Waals surface area contributed by atoms with Crippen molar-refractivity contribution in [3.05, 3.63) is 17.5 Å². The van der Waals surface area contributed by atoms with Gasteiger partial charge in [0.15, 0.2) is 0 Å². The second-order valence-electron chi connectivity index (χ2n) is 6.75. The average Bonchev–Trinajstić information content (AvgIpc) is 3.06. The third-order valence-corrected chi connectivity index (χ3v) is 4.66. The fourth-order valence-corrected chi connectivity index (χ4v) is 3.11. The van der Waals surface area contributed by atoms with Gasteiger partial charge in [-0.1, -0.05) is 84.0 Å². The topological polar surface area (TPSA) is 55.0 Å². The van der Waals surface area contributed by atoms with Crippen LogP contribution in [0.1, 0.15) is 106 Å². The summed E-state index contributed by atoms with van der Waals surface area (Å²) in [7, 11) is 1.40. The fraction of sp³-hybridized carbons (Fsp3) is 0.800. The molecule has 0 aliphatic heterocycles. The minimum absolute atomic E-state index is 0.322. The number of rotatable bonds is 15. The van der Waals surface area contributed by atoms with Crippen LogP contribution in [0.25, 0.3) is 0 Å². The van der Waals surface area contributed by atoms with Crippen LogP contribution in [0.5, 0.6) is 0 Å². The molecule has 1 aromatic rings. The van der Waals surface area contributed by atoms with Gasteiger partial charge in [-0.25, -0.2) is 4.79 Å². The summed E-state index contributed by atoms with van der Waals surface area (Å²) in [5, 5.41) is 6.67. The first-order chi connectivity index (χ1) is 11.8. The minimum atomic E-state index is -0.322. The van der Waals surface area contributed by atoms with Crippen LogP contribution in [0.4, 0.5) is 0 Å². The Balaban J connectivity index is 1.91. The van der Waals surface area contributed by atoms with E-state index in [0.717, 1.165) is 18.4 Å². The van der Waals surface area contributed by atoms with Crippen molar-refractivity contribution in [3.63, 3.8) is 0 Å². The molecule has 24 heavy (non-hydrogen) atoms. The average molecular weight is 337 g/mol. The molecule has 0 bridgehead atoms. The van der Waals surface area contributed by atoms with Crippen LogP contribution in [0.3, 0.4) is 0 Å². The van der Waals surface area contributed by atoms with E-state index < -0.39 is 0 Å². The van der Waals surface area contributed by atoms with Gasteiger partial charge in [-0.3, -0.25) is 5.10 Å². The first-order valence-electron chi connectivity index (χ1n) is 9.90. The fourth-order valence-electron chi connectivity index (χ4n) is 3.11. The Morgan fingerprint density at radius 1 is 0.917 bits per heavy atom. The summed E-state index contributed by atoms with van der Waals surface area (Å²) in [6, 6.07) is 0. The van der Waals surface area contributed by atoms with Crippen LogP contribution in [0.15, 0.2) is 6.20 Å². The van der Waals surface area contributed by atoms with Gasteiger partial charge in [0.25, 0.3) is 0 Å². The molecule has 1 heterocycles. The normalized spacial score (nSPS) is 10.9. The number of unbranched alkanes of at least 4 members (excludes halogenated alkanes) is 12. The Labute approximate surface area is 147 Å². The largest absolute Gasteiger partial charge is 0.464 e. The number of nitrogens with one attached hydrogen (secondary N) is 1. The maximum Gasteiger partial charge on any atom is 0.356 e. The van der Waals surface area contributed by atoms with Gasteiger partial charge in [0.1, 0.15) is 5.69 Å². The van der Waals surface area contributed by atoms with E-state index in [4.69, 9.17) is 4.74 Å². The number of H-pyrrole nitrogens is 1. The van der Waals surface area contributed by atoms with E-state index in [1.54, 1.807) is 6.20 Å². The van der Waals surface area contributed by atoms with Gasteiger partial charge in [0.2, 0.25) is 0 Å². The number of ether oxygens (including phenoxy) is 1. The van der Waals surface area contributed by atoms with Crippen molar-refractivity contribution in [3.8, 4) is 0 Å². The summed E-state index contributed by atoms with van der Waals surface area (Å²) in [5.41, 5.74) is 1.49. The molecule has 0 atom stereocenters. The summed E-state index contributed by atoms with van der Waals surface area (Å²) in [6.45, 7) is 2.27. The lowest BCUT2D eigenvalue weighted by Gasteiger charge is -2.03. The highest BCUT2D eigenvalue weighted by atomic mass is 16.5. The third kappa shape index (κ3) is 9.09. The molecule has 1 aromatic heterocycles. The number of hydrogen-bond acceptors (Lipinski definition) is 3. The van der Waals surface area contributed by atoms with Crippen LogP contribution in [-0.4, -0.2) is 23.3 Å². The Bertz CT molecular complexity index is 429. The van der Waals surface area contributed by atoms with E-state index in [9.17, 15) is 4.79 Å². The number of carbonyl (C=O) groups is 1. The highest BCUT2D eigenvalue weighted by molar-refractivity contribution is 5.88. The quantitative estimate of drug-likeness (QED) is 0.324. The predicted octanol–water partition coefficient (Wildman–Crippen LogP) is 5.83. The van der Waals surface area contributed by atoms with E-state index in [1.807, 2.05) is 0 Å². The highest BCUT2D eigenvalue weighted by Gasteiger charge is 2.13. The number of methoxy groups -OCH3 is 1. The van der Waals surface area contributed by atoms with Crippen LogP contribution >= 0.6 is 0 Å². The molecule has 0 unspecified atom stereocenters. The molecule has 4 heteroatoms. The number of nitrogens with zero attached hydrogens (tertiary/aromatic N) is 1. The molecule has 0 radical (unpaired) electrons. The summed E-state index contributed by atoms with van der Waals surface area (Å²) in [5.74, 6) is -0.322. The van der Waals surface area contributed by atoms with E-state index in [2.05, 4.69) is 17.1 Å². The van der Waals surface area contributed by atoms with Crippen molar-refractivity contribution in [2.45, 2.75) is 96.8 Å². The molecule has 0 saturated carbocycles. The molecule has 0 aromatic carbocycles. The monoisotopic (exact) mass is 336 g/mol. The van der Waals surface area contributed by atoms with Crippen LogP contribution in [-0.2, 0) is 11.2 Å². The van der Waals surface area contributed by atoms with Gasteiger partial charge in [-0.05, 0) is 12.8 Å². The van der Waals surface area contributed by atoms with Crippen molar-refractivity contribution < 1.29 is 9.53 Å². The van der Waals surface area contributed by atoms with Gasteiger partial charge in [-0.15, -0.1) is 0 Å². The van der Waals surface area contributed by atoms with Crippen molar-refractivity contribution in [1.82, 2.24) is 10.2 Å². The molecule has 0 saturated heterocycles. The van der Waals surface area contributed by atoms with Crippen molar-refractivity contribution in [1.29, 1.82) is 0 Å². The second kappa shape index (κ2) is 14.1. The lowest BCUT2D eigenvalue weighted by Crippen LogP contribution is -2.05. The lowest BCUT2D eigenvalue weighted by atomic mass is 10.0. The standard InChI is InChI=1S/C20H36N2O2/c1-3-4-5-6-7-8-9-10-11-12-13-14-15-16-18-17-21-22-19(18)20(23)24-2/h17H,3-16H2,1-2H3,(H,21,22). The molecule has 0 amide bonds. The number of aryl methyl sites for hydroxylation is 1. The van der Waals surface area contributed by atoms with Gasteiger partial charge in [0.05, 0.1) is 13.3 Å². The number of aromatic nitrogens is 2. The smallest absolute Gasteiger partial charge is 0.356 e. The highest BCUT2D eigenvalue weighted by Crippen LogP contribution is 2.14. The van der Waals surface area contributed by atoms with Crippen LogP contribution < -0.4 is 0 Å². The van der Waals surface area contributed by atoms with E-state index in [0.29, 0.717) is 5.69 Å². The number of esters is 1. The maximum absolute atomic E-state index is 11.5. The van der Waals surface area contributed by atoms with Gasteiger partial charge < -0.3 is 4.74 Å². The number of aromatic amines is 1. The lowest BCUT2D eigenvalue weighted by molar-refractivity contribution is 0.0592. The van der Waals surface area contributed by atoms with Crippen molar-refractivity contribution in [2.75, 3.05) is 7.11 Å². The van der Waals surface area contributed by atoms with Gasteiger partial charge in [0, 0.05) is 5.56 Å². The summed E-state index contributed by atoms with van der Waals surface area (Å²) >= 11 is 0. The minimum Gasteiger partial charge on any atom is -0.464 e. The van der Waals surface area contributed by atoms with Crippen LogP contribution in [0, 0.1) is 0 Å². The zero-order valence-corrected chi connectivity index (χ0v) is 15.7. The first kappa shape index (κ1) is 20.7. The number of carbonyl (C=O) groups excluding carboxylic acids is 1. The maximum atomic E-state index is 11.5. The molecule has 1 rings (SSSR count). The van der Waals surface area contributed by atoms with Crippen molar-refractivity contribution >= 4 is 5.97 Å². The summed E-state index contributed by atoms with van der Waals surface area (Å²) in [4.78, 5) is 11.5. The zero-order valence-electron chi connectivity index (χ0n) is 15.7. The summed E-state index contributed by atoms with van der Waals surface area (Å²) < 4.78 is 4.74. The van der Waals surface area contributed by atoms with Crippen molar-refractivity contribution in [2.24, 2.45) is 0 Å². The molecular weight excluding hydrogens is 300 g/mol. The molecule has 0 aliphatic rings. The second-order valence-corrected chi connectivity index (χ2v) is 6.75. The molecule has 0 aliphatic carbocycles. The van der Waals surface area contributed by atoms with Gasteiger partial charge in [-0.2, -0.15) is 5.10 Å². The predicted molar refractivity (Wildman–Crippen MR) is 99.3 cm³/mol. The Morgan fingerprint density at radius 2 is 1.42 bits per heavy atom. The van der Waals surface area contributed by atoms with Crippen LogP contribution in [0.2, 0.25) is 0 Å². The first-order valence-corrected chi connectivity index (χ1v) is 9.90. The Hall–Kier alpha value is -1.32. The zero-order chi connectivity index (χ0) is 17.5. The molecule has 138 valence electrons. The third-order valence-electron chi connectivity index (χ3n) is 4.66. The Kier molecular flexibility index (Phi) is 12.1. The molecule has 4 nitrogen and oxygen atoms in total. The molecule has 0 fully saturated rings. The molecule has 0 spiro atoms. The molecule has 1 N–H and O–H groups in total. The molecular formula is C20H36N2O2. The van der Waals surface area contributed by atoms with E-state index >= 15 is 0 Å². The SMILES string of the molecule is CCCCCCCCCCCCCCCc1cn[nH]c1C(=O)OC. The van der Waals surface area contributed by atoms with Gasteiger partial charge >= 0.3 is 5.97 Å². The van der Waals surface area contributed by atoms with E-state index in [-0.39, 0.29) is 5.97 Å². The van der Waals surface area contributed by atoms with E-state index in [1.165, 1.54) is 84.2 Å². The Morgan fingerprint density at radius 3 is 1.92 bits per heavy atom. The summed E-state index contributed by atoms with van der Waals surface area (Å²) in [6.07, 6.45) is 20.2. The number of hydrogen-bond donors (Lipinski definition) is 1.